The normalized spacial score (nSPS) is 14.1. The van der Waals surface area contributed by atoms with E-state index >= 15 is 0 Å². The lowest BCUT2D eigenvalue weighted by atomic mass is 10.1. The Bertz CT molecular complexity index is 814. The molecular formula is C24H46N6O8. The first kappa shape index (κ1) is 34.9. The molecule has 1 unspecified atom stereocenters. The number of hydrogen-bond acceptors (Lipinski definition) is 10. The van der Waals surface area contributed by atoms with Crippen LogP contribution in [0.4, 0.5) is 14.4 Å². The van der Waals surface area contributed by atoms with Crippen molar-refractivity contribution in [3.63, 3.8) is 0 Å². The zero-order chi connectivity index (χ0) is 29.9. The molecule has 0 aromatic rings. The molecule has 0 aromatic carbocycles. The number of carbonyl (C=O) groups excluding carboxylic acids is 4. The molecule has 0 heterocycles. The second-order valence-electron chi connectivity index (χ2n) is 11.5. The predicted octanol–water partition coefficient (Wildman–Crippen LogP) is 1.58. The maximum absolute atomic E-state index is 12.8. The summed E-state index contributed by atoms with van der Waals surface area (Å²) < 4.78 is 15.6. The van der Waals surface area contributed by atoms with Gasteiger partial charge in [-0.05, 0) is 81.7 Å². The van der Waals surface area contributed by atoms with E-state index < -0.39 is 59.1 Å². The minimum absolute atomic E-state index is 0.131. The van der Waals surface area contributed by atoms with Crippen LogP contribution in [0.15, 0.2) is 4.99 Å². The van der Waals surface area contributed by atoms with E-state index in [-0.39, 0.29) is 26.1 Å². The molecule has 7 N–H and O–H groups in total. The van der Waals surface area contributed by atoms with Crippen molar-refractivity contribution in [1.29, 1.82) is 0 Å². The monoisotopic (exact) mass is 546 g/mol. The number of aliphatic hydroxyl groups is 1. The molecule has 14 heteroatoms. The number of aliphatic hydroxyl groups excluding tert-OH is 1. The molecule has 14 nitrogen and oxygen atoms in total. The van der Waals surface area contributed by atoms with Crippen molar-refractivity contribution >= 4 is 30.1 Å². The van der Waals surface area contributed by atoms with Crippen LogP contribution in [0.2, 0.25) is 0 Å². The molecule has 0 aromatic heterocycles. The minimum Gasteiger partial charge on any atom is -0.444 e. The number of carbonyl (C=O) groups is 4. The molecule has 0 aliphatic rings. The molecule has 0 aliphatic carbocycles. The maximum atomic E-state index is 12.8. The Morgan fingerprint density at radius 1 is 0.842 bits per heavy atom. The first-order chi connectivity index (χ1) is 17.1. The van der Waals surface area contributed by atoms with Crippen LogP contribution in [0.3, 0.4) is 0 Å². The van der Waals surface area contributed by atoms with Crippen molar-refractivity contribution in [2.45, 2.75) is 104 Å². The summed E-state index contributed by atoms with van der Waals surface area (Å²) in [7, 11) is 0. The van der Waals surface area contributed by atoms with Gasteiger partial charge in [-0.25, -0.2) is 19.4 Å². The Morgan fingerprint density at radius 3 is 1.71 bits per heavy atom. The third-order valence-electron chi connectivity index (χ3n) is 4.05. The van der Waals surface area contributed by atoms with Crippen LogP contribution in [-0.4, -0.2) is 88.7 Å². The Balaban J connectivity index is 5.61. The summed E-state index contributed by atoms with van der Waals surface area (Å²) in [5, 5.41) is 15.0. The van der Waals surface area contributed by atoms with Gasteiger partial charge in [0, 0.05) is 13.1 Å². The first-order valence-corrected chi connectivity index (χ1v) is 12.4. The number of guanidine groups is 1. The van der Waals surface area contributed by atoms with Gasteiger partial charge in [-0.1, -0.05) is 0 Å². The Kier molecular flexibility index (Phi) is 13.5. The molecule has 2 atom stereocenters. The van der Waals surface area contributed by atoms with E-state index in [0.717, 1.165) is 0 Å². The third kappa shape index (κ3) is 15.9. The Morgan fingerprint density at radius 2 is 1.29 bits per heavy atom. The SMILES string of the molecule is CC(C)(C)OC(=O)NCC(O)CNC(=O)[C@H](CCCN)N=C(N)N(C(=O)OC(C)(C)C)C(=O)OC(C)(C)C. The van der Waals surface area contributed by atoms with Crippen molar-refractivity contribution in [3.8, 4) is 0 Å². The number of amides is 4. The highest BCUT2D eigenvalue weighted by Crippen LogP contribution is 2.15. The van der Waals surface area contributed by atoms with Crippen LogP contribution in [0.5, 0.6) is 0 Å². The van der Waals surface area contributed by atoms with Gasteiger partial charge in [-0.3, -0.25) is 4.79 Å². The lowest BCUT2D eigenvalue weighted by Crippen LogP contribution is -2.51. The average Bonchev–Trinajstić information content (AvgIpc) is 2.69. The maximum Gasteiger partial charge on any atom is 0.427 e. The molecule has 0 radical (unpaired) electrons. The van der Waals surface area contributed by atoms with Crippen LogP contribution in [-0.2, 0) is 19.0 Å². The number of hydrogen-bond donors (Lipinski definition) is 5. The van der Waals surface area contributed by atoms with E-state index in [1.165, 1.54) is 0 Å². The van der Waals surface area contributed by atoms with E-state index in [1.807, 2.05) is 0 Å². The third-order valence-corrected chi connectivity index (χ3v) is 4.05. The van der Waals surface area contributed by atoms with Gasteiger partial charge in [0.2, 0.25) is 11.9 Å². The highest BCUT2D eigenvalue weighted by molar-refractivity contribution is 6.07. The summed E-state index contributed by atoms with van der Waals surface area (Å²) in [5.41, 5.74) is 8.96. The fourth-order valence-corrected chi connectivity index (χ4v) is 2.58. The quantitative estimate of drug-likeness (QED) is 0.160. The highest BCUT2D eigenvalue weighted by atomic mass is 16.6. The molecular weight excluding hydrogens is 500 g/mol. The van der Waals surface area contributed by atoms with Crippen LogP contribution in [0, 0.1) is 0 Å². The summed E-state index contributed by atoms with van der Waals surface area (Å²) in [6.07, 6.45) is -3.61. The van der Waals surface area contributed by atoms with E-state index in [0.29, 0.717) is 11.3 Å². The summed E-state index contributed by atoms with van der Waals surface area (Å²) in [6, 6.07) is -1.16. The van der Waals surface area contributed by atoms with Gasteiger partial charge < -0.3 is 41.4 Å². The fourth-order valence-electron chi connectivity index (χ4n) is 2.58. The molecule has 0 saturated carbocycles. The minimum atomic E-state index is -1.16. The first-order valence-electron chi connectivity index (χ1n) is 12.4. The number of nitrogens with zero attached hydrogens (tertiary/aromatic N) is 2. The molecule has 0 saturated heterocycles. The van der Waals surface area contributed by atoms with Crippen molar-refractivity contribution in [3.05, 3.63) is 0 Å². The molecule has 0 spiro atoms. The van der Waals surface area contributed by atoms with E-state index in [1.54, 1.807) is 62.3 Å². The number of nitrogens with one attached hydrogen (secondary N) is 2. The Labute approximate surface area is 224 Å². The van der Waals surface area contributed by atoms with E-state index in [9.17, 15) is 24.3 Å². The predicted molar refractivity (Wildman–Crippen MR) is 141 cm³/mol. The smallest absolute Gasteiger partial charge is 0.427 e. The van der Waals surface area contributed by atoms with E-state index in [2.05, 4.69) is 15.6 Å². The summed E-state index contributed by atoms with van der Waals surface area (Å²) in [4.78, 5) is 54.6. The van der Waals surface area contributed by atoms with Gasteiger partial charge in [0.05, 0.1) is 6.10 Å². The average molecular weight is 547 g/mol. The standard InChI is InChI=1S/C24H46N6O8/c1-22(2,3)36-19(33)28-14-15(31)13-27-17(32)16(11-10-12-25)29-18(26)30(20(34)37-23(4,5)6)21(35)38-24(7,8)9/h15-16,31H,10-14,25H2,1-9H3,(H2,26,29)(H,27,32)(H,28,33)/t15?,16-/m0/s1. The van der Waals surface area contributed by atoms with Crippen LogP contribution in [0.1, 0.15) is 75.2 Å². The van der Waals surface area contributed by atoms with Crippen LogP contribution >= 0.6 is 0 Å². The fraction of sp³-hybridized carbons (Fsp3) is 0.792. The van der Waals surface area contributed by atoms with Gasteiger partial charge in [-0.15, -0.1) is 4.90 Å². The molecule has 4 amide bonds. The lowest BCUT2D eigenvalue weighted by Gasteiger charge is -2.28. The molecule has 0 rings (SSSR count). The number of nitrogens with two attached hydrogens (primary N) is 2. The zero-order valence-electron chi connectivity index (χ0n) is 24.0. The van der Waals surface area contributed by atoms with Crippen molar-refractivity contribution in [1.82, 2.24) is 15.5 Å². The van der Waals surface area contributed by atoms with Crippen molar-refractivity contribution in [2.24, 2.45) is 16.5 Å². The summed E-state index contributed by atoms with van der Waals surface area (Å²) in [6.45, 7) is 14.5. The number of alkyl carbamates (subject to hydrolysis) is 1. The summed E-state index contributed by atoms with van der Waals surface area (Å²) in [5.74, 6) is -1.26. The highest BCUT2D eigenvalue weighted by Gasteiger charge is 2.35. The zero-order valence-corrected chi connectivity index (χ0v) is 24.0. The largest absolute Gasteiger partial charge is 0.444 e. The van der Waals surface area contributed by atoms with Gasteiger partial charge >= 0.3 is 18.3 Å². The molecule has 0 bridgehead atoms. The lowest BCUT2D eigenvalue weighted by molar-refractivity contribution is -0.122. The number of rotatable bonds is 9. The van der Waals surface area contributed by atoms with Gasteiger partial charge in [0.25, 0.3) is 0 Å². The number of aliphatic imine (C=N–C) groups is 1. The van der Waals surface area contributed by atoms with Gasteiger partial charge in [-0.2, -0.15) is 0 Å². The number of imide groups is 1. The van der Waals surface area contributed by atoms with Crippen molar-refractivity contribution < 1.29 is 38.5 Å². The number of ether oxygens (including phenoxy) is 3. The second-order valence-corrected chi connectivity index (χ2v) is 11.5. The molecule has 38 heavy (non-hydrogen) atoms. The van der Waals surface area contributed by atoms with Gasteiger partial charge in [0.1, 0.15) is 22.8 Å². The van der Waals surface area contributed by atoms with E-state index in [4.69, 9.17) is 25.7 Å². The van der Waals surface area contributed by atoms with Crippen LogP contribution in [0.25, 0.3) is 0 Å². The van der Waals surface area contributed by atoms with Crippen LogP contribution < -0.4 is 22.1 Å². The topological polar surface area (TPSA) is 208 Å². The summed E-state index contributed by atoms with van der Waals surface area (Å²) >= 11 is 0. The molecule has 220 valence electrons. The molecule has 0 aliphatic heterocycles. The second kappa shape index (κ2) is 14.7. The molecule has 0 fully saturated rings. The van der Waals surface area contributed by atoms with Gasteiger partial charge in [0.15, 0.2) is 0 Å². The Hall–Kier alpha value is -3.13. The van der Waals surface area contributed by atoms with Crippen molar-refractivity contribution in [2.75, 3.05) is 19.6 Å².